The Hall–Kier alpha value is -1.63. The Bertz CT molecular complexity index is 437. The van der Waals surface area contributed by atoms with Gasteiger partial charge in [0, 0.05) is 19.5 Å². The molecule has 0 spiro atoms. The number of aliphatic carboxylic acids is 1. The van der Waals surface area contributed by atoms with Gasteiger partial charge in [-0.05, 0) is 5.92 Å². The second kappa shape index (κ2) is 6.43. The Morgan fingerprint density at radius 3 is 2.76 bits per heavy atom. The lowest BCUT2D eigenvalue weighted by Crippen LogP contribution is -2.45. The molecule has 2 aliphatic rings. The fourth-order valence-corrected chi connectivity index (χ4v) is 2.81. The molecular formula is C14H22N2O5. The highest BCUT2D eigenvalue weighted by Gasteiger charge is 2.39. The highest BCUT2D eigenvalue weighted by molar-refractivity contribution is 5.89. The second-order valence-corrected chi connectivity index (χ2v) is 6.19. The van der Waals surface area contributed by atoms with Crippen molar-refractivity contribution in [2.75, 3.05) is 26.3 Å². The van der Waals surface area contributed by atoms with Crippen molar-refractivity contribution in [1.82, 2.24) is 10.2 Å². The molecule has 118 valence electrons. The number of nitrogens with zero attached hydrogens (tertiary/aromatic N) is 1. The molecule has 2 amide bonds. The number of ether oxygens (including phenoxy) is 1. The number of carbonyl (C=O) groups is 3. The first-order chi connectivity index (χ1) is 9.88. The van der Waals surface area contributed by atoms with Gasteiger partial charge in [-0.2, -0.15) is 0 Å². The van der Waals surface area contributed by atoms with Crippen molar-refractivity contribution in [2.24, 2.45) is 17.8 Å². The number of rotatable bonds is 5. The minimum Gasteiger partial charge on any atom is -0.481 e. The Balaban J connectivity index is 1.89. The molecule has 0 aliphatic carbocycles. The van der Waals surface area contributed by atoms with Crippen LogP contribution >= 0.6 is 0 Å². The van der Waals surface area contributed by atoms with Crippen LogP contribution in [0.15, 0.2) is 0 Å². The molecule has 7 heteroatoms. The summed E-state index contributed by atoms with van der Waals surface area (Å²) in [7, 11) is 0. The molecule has 0 aromatic rings. The zero-order valence-electron chi connectivity index (χ0n) is 12.4. The van der Waals surface area contributed by atoms with Crippen LogP contribution in [-0.2, 0) is 19.1 Å². The molecule has 0 bridgehead atoms. The fourth-order valence-electron chi connectivity index (χ4n) is 2.81. The molecular weight excluding hydrogens is 276 g/mol. The van der Waals surface area contributed by atoms with Crippen molar-refractivity contribution in [3.63, 3.8) is 0 Å². The van der Waals surface area contributed by atoms with Crippen LogP contribution in [0.2, 0.25) is 0 Å². The highest BCUT2D eigenvalue weighted by Crippen LogP contribution is 2.21. The van der Waals surface area contributed by atoms with E-state index in [0.29, 0.717) is 19.0 Å². The lowest BCUT2D eigenvalue weighted by Gasteiger charge is -2.20. The summed E-state index contributed by atoms with van der Waals surface area (Å²) in [5, 5.41) is 11.8. The number of likely N-dealkylation sites (tertiary alicyclic amines) is 1. The van der Waals surface area contributed by atoms with Crippen LogP contribution in [0.25, 0.3) is 0 Å². The third kappa shape index (κ3) is 3.72. The van der Waals surface area contributed by atoms with Gasteiger partial charge in [0.15, 0.2) is 0 Å². The van der Waals surface area contributed by atoms with Crippen molar-refractivity contribution in [3.05, 3.63) is 0 Å². The monoisotopic (exact) mass is 298 g/mol. The quantitative estimate of drug-likeness (QED) is 0.727. The van der Waals surface area contributed by atoms with Gasteiger partial charge < -0.3 is 20.1 Å². The van der Waals surface area contributed by atoms with Gasteiger partial charge in [-0.3, -0.25) is 14.4 Å². The molecule has 2 N–H and O–H groups in total. The Morgan fingerprint density at radius 1 is 1.43 bits per heavy atom. The maximum absolute atomic E-state index is 12.2. The van der Waals surface area contributed by atoms with Crippen LogP contribution < -0.4 is 5.32 Å². The first-order valence-corrected chi connectivity index (χ1v) is 7.27. The number of amides is 2. The zero-order valence-corrected chi connectivity index (χ0v) is 12.4. The molecule has 0 radical (unpaired) electrons. The number of nitrogens with one attached hydrogen (secondary N) is 1. The van der Waals surface area contributed by atoms with Gasteiger partial charge >= 0.3 is 5.97 Å². The summed E-state index contributed by atoms with van der Waals surface area (Å²) in [4.78, 5) is 36.8. The number of hydrogen-bond donors (Lipinski definition) is 2. The van der Waals surface area contributed by atoms with E-state index in [0.717, 1.165) is 0 Å². The summed E-state index contributed by atoms with van der Waals surface area (Å²) in [6, 6.07) is -0.510. The number of carboxylic acids is 1. The third-order valence-corrected chi connectivity index (χ3v) is 3.90. The molecule has 2 aliphatic heterocycles. The first-order valence-electron chi connectivity index (χ1n) is 7.27. The van der Waals surface area contributed by atoms with Gasteiger partial charge in [-0.15, -0.1) is 0 Å². The summed E-state index contributed by atoms with van der Waals surface area (Å²) in [6.07, 6.45) is 0.198. The van der Waals surface area contributed by atoms with E-state index in [9.17, 15) is 14.4 Å². The summed E-state index contributed by atoms with van der Waals surface area (Å²) in [5.41, 5.74) is 0. The lowest BCUT2D eigenvalue weighted by atomic mass is 10.0. The van der Waals surface area contributed by atoms with E-state index in [1.54, 1.807) is 4.90 Å². The number of hydrogen-bond acceptors (Lipinski definition) is 4. The van der Waals surface area contributed by atoms with Crippen LogP contribution in [0.4, 0.5) is 0 Å². The molecule has 2 heterocycles. The maximum Gasteiger partial charge on any atom is 0.311 e. The Kier molecular flexibility index (Phi) is 4.82. The fraction of sp³-hybridized carbons (Fsp3) is 0.786. The SMILES string of the molecule is CC(C)CN1CC(C(=O)NC2COCC2C(=O)O)CC1=O. The highest BCUT2D eigenvalue weighted by atomic mass is 16.5. The molecule has 2 saturated heterocycles. The molecule has 3 atom stereocenters. The number of carboxylic acid groups (broad SMARTS) is 1. The van der Waals surface area contributed by atoms with E-state index in [-0.39, 0.29) is 31.4 Å². The Morgan fingerprint density at radius 2 is 2.14 bits per heavy atom. The average molecular weight is 298 g/mol. The van der Waals surface area contributed by atoms with Crippen LogP contribution in [0.5, 0.6) is 0 Å². The van der Waals surface area contributed by atoms with Gasteiger partial charge in [-0.1, -0.05) is 13.8 Å². The van der Waals surface area contributed by atoms with Gasteiger partial charge in [0.25, 0.3) is 0 Å². The average Bonchev–Trinajstić information content (AvgIpc) is 2.96. The largest absolute Gasteiger partial charge is 0.481 e. The van der Waals surface area contributed by atoms with Gasteiger partial charge in [0.1, 0.15) is 5.92 Å². The van der Waals surface area contributed by atoms with Crippen molar-refractivity contribution >= 4 is 17.8 Å². The minimum absolute atomic E-state index is 0.0127. The van der Waals surface area contributed by atoms with E-state index in [1.165, 1.54) is 0 Å². The van der Waals surface area contributed by atoms with Gasteiger partial charge in [0.05, 0.1) is 25.2 Å². The van der Waals surface area contributed by atoms with Crippen molar-refractivity contribution in [3.8, 4) is 0 Å². The first kappa shape index (κ1) is 15.8. The summed E-state index contributed by atoms with van der Waals surface area (Å²) in [6.45, 7) is 5.42. The predicted octanol–water partition coefficient (Wildman–Crippen LogP) is -0.293. The number of carbonyl (C=O) groups excluding carboxylic acids is 2. The summed E-state index contributed by atoms with van der Waals surface area (Å²) < 4.78 is 5.12. The predicted molar refractivity (Wildman–Crippen MR) is 73.4 cm³/mol. The smallest absolute Gasteiger partial charge is 0.311 e. The molecule has 2 fully saturated rings. The van der Waals surface area contributed by atoms with Gasteiger partial charge in [0.2, 0.25) is 11.8 Å². The lowest BCUT2D eigenvalue weighted by molar-refractivity contribution is -0.142. The molecule has 3 unspecified atom stereocenters. The summed E-state index contributed by atoms with van der Waals surface area (Å²) in [5.74, 6) is -1.99. The normalized spacial score (nSPS) is 29.2. The standard InChI is InChI=1S/C14H22N2O5/c1-8(2)4-16-5-9(3-12(16)17)13(18)15-11-7-21-6-10(11)14(19)20/h8-11H,3-7H2,1-2H3,(H,15,18)(H,19,20). The molecule has 7 nitrogen and oxygen atoms in total. The topological polar surface area (TPSA) is 95.9 Å². The van der Waals surface area contributed by atoms with Crippen molar-refractivity contribution < 1.29 is 24.2 Å². The van der Waals surface area contributed by atoms with E-state index >= 15 is 0 Å². The van der Waals surface area contributed by atoms with E-state index in [4.69, 9.17) is 9.84 Å². The Labute approximate surface area is 123 Å². The van der Waals surface area contributed by atoms with Crippen molar-refractivity contribution in [1.29, 1.82) is 0 Å². The molecule has 2 rings (SSSR count). The second-order valence-electron chi connectivity index (χ2n) is 6.19. The minimum atomic E-state index is -0.971. The molecule has 0 saturated carbocycles. The zero-order chi connectivity index (χ0) is 15.6. The van der Waals surface area contributed by atoms with E-state index in [1.807, 2.05) is 13.8 Å². The van der Waals surface area contributed by atoms with Gasteiger partial charge in [-0.25, -0.2) is 0 Å². The van der Waals surface area contributed by atoms with Crippen LogP contribution in [0.1, 0.15) is 20.3 Å². The van der Waals surface area contributed by atoms with Crippen LogP contribution in [0, 0.1) is 17.8 Å². The molecule has 0 aromatic carbocycles. The van der Waals surface area contributed by atoms with E-state index < -0.39 is 23.8 Å². The van der Waals surface area contributed by atoms with Crippen LogP contribution in [-0.4, -0.2) is 60.1 Å². The maximum atomic E-state index is 12.2. The molecule has 21 heavy (non-hydrogen) atoms. The van der Waals surface area contributed by atoms with Crippen molar-refractivity contribution in [2.45, 2.75) is 26.3 Å². The molecule has 0 aromatic heterocycles. The van der Waals surface area contributed by atoms with E-state index in [2.05, 4.69) is 5.32 Å². The third-order valence-electron chi connectivity index (χ3n) is 3.90. The van der Waals surface area contributed by atoms with Crippen LogP contribution in [0.3, 0.4) is 0 Å². The summed E-state index contributed by atoms with van der Waals surface area (Å²) >= 11 is 0.